The standard InChI is InChI=1S/C11H16N2S/c1-9-3-2-4-10(11(9)14)13-7-5-12-6-8-13/h2-4,12,14H,5-8H2,1H3. The third-order valence-corrected chi connectivity index (χ3v) is 3.26. The van der Waals surface area contributed by atoms with Crippen molar-refractivity contribution >= 4 is 18.3 Å². The molecule has 1 N–H and O–H groups in total. The maximum absolute atomic E-state index is 4.56. The number of thiol groups is 1. The molecule has 1 aromatic rings. The molecule has 1 aliphatic heterocycles. The molecule has 0 unspecified atom stereocenters. The minimum atomic E-state index is 1.07. The first kappa shape index (κ1) is 9.87. The molecule has 2 rings (SSSR count). The second kappa shape index (κ2) is 4.24. The van der Waals surface area contributed by atoms with Crippen LogP contribution in [0.15, 0.2) is 23.1 Å². The minimum Gasteiger partial charge on any atom is -0.368 e. The molecule has 3 heteroatoms. The lowest BCUT2D eigenvalue weighted by Gasteiger charge is -2.30. The molecule has 14 heavy (non-hydrogen) atoms. The average Bonchev–Trinajstić information content (AvgIpc) is 2.23. The summed E-state index contributed by atoms with van der Waals surface area (Å²) < 4.78 is 0. The van der Waals surface area contributed by atoms with E-state index in [4.69, 9.17) is 0 Å². The molecule has 0 amide bonds. The van der Waals surface area contributed by atoms with E-state index in [1.165, 1.54) is 11.3 Å². The summed E-state index contributed by atoms with van der Waals surface area (Å²) in [5.74, 6) is 0. The van der Waals surface area contributed by atoms with Gasteiger partial charge in [0.05, 0.1) is 5.69 Å². The van der Waals surface area contributed by atoms with E-state index in [1.54, 1.807) is 0 Å². The zero-order valence-electron chi connectivity index (χ0n) is 8.45. The van der Waals surface area contributed by atoms with E-state index in [0.717, 1.165) is 31.1 Å². The molecule has 2 nitrogen and oxygen atoms in total. The van der Waals surface area contributed by atoms with Gasteiger partial charge in [-0.1, -0.05) is 12.1 Å². The highest BCUT2D eigenvalue weighted by Crippen LogP contribution is 2.27. The van der Waals surface area contributed by atoms with Gasteiger partial charge in [0.25, 0.3) is 0 Å². The van der Waals surface area contributed by atoms with Crippen molar-refractivity contribution in [1.82, 2.24) is 5.32 Å². The topological polar surface area (TPSA) is 15.3 Å². The largest absolute Gasteiger partial charge is 0.368 e. The van der Waals surface area contributed by atoms with Crippen LogP contribution in [-0.2, 0) is 0 Å². The molecular formula is C11H16N2S. The number of nitrogens with zero attached hydrogens (tertiary/aromatic N) is 1. The normalized spacial score (nSPS) is 17.1. The summed E-state index contributed by atoms with van der Waals surface area (Å²) in [6.45, 7) is 6.41. The van der Waals surface area contributed by atoms with Gasteiger partial charge >= 0.3 is 0 Å². The fraction of sp³-hybridized carbons (Fsp3) is 0.455. The van der Waals surface area contributed by atoms with Crippen molar-refractivity contribution in [2.75, 3.05) is 31.1 Å². The Morgan fingerprint density at radius 1 is 1.29 bits per heavy atom. The minimum absolute atomic E-state index is 1.07. The van der Waals surface area contributed by atoms with E-state index >= 15 is 0 Å². The van der Waals surface area contributed by atoms with Crippen LogP contribution in [0.3, 0.4) is 0 Å². The van der Waals surface area contributed by atoms with Crippen molar-refractivity contribution in [3.8, 4) is 0 Å². The molecule has 0 aliphatic carbocycles. The monoisotopic (exact) mass is 208 g/mol. The van der Waals surface area contributed by atoms with Crippen LogP contribution in [0.25, 0.3) is 0 Å². The number of hydrogen-bond acceptors (Lipinski definition) is 3. The summed E-state index contributed by atoms with van der Waals surface area (Å²) in [6, 6.07) is 6.36. The zero-order chi connectivity index (χ0) is 9.97. The summed E-state index contributed by atoms with van der Waals surface area (Å²) in [4.78, 5) is 3.51. The molecule has 0 saturated carbocycles. The maximum atomic E-state index is 4.56. The first-order valence-electron chi connectivity index (χ1n) is 5.03. The summed E-state index contributed by atoms with van der Waals surface area (Å²) in [5.41, 5.74) is 2.53. The van der Waals surface area contributed by atoms with Gasteiger partial charge in [-0.3, -0.25) is 0 Å². The van der Waals surface area contributed by atoms with Gasteiger partial charge in [0.15, 0.2) is 0 Å². The fourth-order valence-corrected chi connectivity index (χ4v) is 2.09. The number of anilines is 1. The van der Waals surface area contributed by atoms with Gasteiger partial charge in [0, 0.05) is 31.1 Å². The van der Waals surface area contributed by atoms with E-state index in [9.17, 15) is 0 Å². The Morgan fingerprint density at radius 3 is 2.71 bits per heavy atom. The first-order valence-corrected chi connectivity index (χ1v) is 5.48. The molecular weight excluding hydrogens is 192 g/mol. The fourth-order valence-electron chi connectivity index (χ4n) is 1.80. The van der Waals surface area contributed by atoms with Crippen LogP contribution in [0, 0.1) is 6.92 Å². The molecule has 0 spiro atoms. The maximum Gasteiger partial charge on any atom is 0.0505 e. The van der Waals surface area contributed by atoms with Crippen molar-refractivity contribution in [2.24, 2.45) is 0 Å². The summed E-state index contributed by atoms with van der Waals surface area (Å²) in [6.07, 6.45) is 0. The Balaban J connectivity index is 2.26. The summed E-state index contributed by atoms with van der Waals surface area (Å²) in [5, 5.41) is 3.35. The predicted molar refractivity (Wildman–Crippen MR) is 63.5 cm³/mol. The average molecular weight is 208 g/mol. The number of nitrogens with one attached hydrogen (secondary N) is 1. The van der Waals surface area contributed by atoms with Crippen LogP contribution < -0.4 is 10.2 Å². The van der Waals surface area contributed by atoms with E-state index in [-0.39, 0.29) is 0 Å². The predicted octanol–water partition coefficient (Wildman–Crippen LogP) is 1.69. The quantitative estimate of drug-likeness (QED) is 0.683. The highest BCUT2D eigenvalue weighted by atomic mass is 32.1. The third kappa shape index (κ3) is 1.88. The first-order chi connectivity index (χ1) is 6.79. The number of hydrogen-bond donors (Lipinski definition) is 2. The Hall–Kier alpha value is -0.670. The summed E-state index contributed by atoms with van der Waals surface area (Å²) in [7, 11) is 0. The van der Waals surface area contributed by atoms with Crippen molar-refractivity contribution in [3.63, 3.8) is 0 Å². The van der Waals surface area contributed by atoms with Crippen LogP contribution >= 0.6 is 12.6 Å². The second-order valence-corrected chi connectivity index (χ2v) is 4.13. The van der Waals surface area contributed by atoms with Gasteiger partial charge in [-0.25, -0.2) is 0 Å². The molecule has 1 saturated heterocycles. The highest BCUT2D eigenvalue weighted by Gasteiger charge is 2.12. The molecule has 0 atom stereocenters. The lowest BCUT2D eigenvalue weighted by atomic mass is 10.2. The van der Waals surface area contributed by atoms with Crippen LogP contribution in [0.4, 0.5) is 5.69 Å². The Bertz CT molecular complexity index is 319. The molecule has 0 bridgehead atoms. The Morgan fingerprint density at radius 2 is 2.00 bits per heavy atom. The number of piperazine rings is 1. The molecule has 1 aliphatic rings. The summed E-state index contributed by atoms with van der Waals surface area (Å²) >= 11 is 4.56. The van der Waals surface area contributed by atoms with Crippen molar-refractivity contribution < 1.29 is 0 Å². The molecule has 0 radical (unpaired) electrons. The van der Waals surface area contributed by atoms with Crippen LogP contribution in [0.1, 0.15) is 5.56 Å². The molecule has 1 fully saturated rings. The van der Waals surface area contributed by atoms with Crippen LogP contribution in [0.2, 0.25) is 0 Å². The molecule has 1 aromatic carbocycles. The van der Waals surface area contributed by atoms with Crippen LogP contribution in [-0.4, -0.2) is 26.2 Å². The van der Waals surface area contributed by atoms with Crippen molar-refractivity contribution in [1.29, 1.82) is 0 Å². The number of benzene rings is 1. The van der Waals surface area contributed by atoms with E-state index in [0.29, 0.717) is 0 Å². The smallest absolute Gasteiger partial charge is 0.0505 e. The third-order valence-electron chi connectivity index (χ3n) is 2.67. The van der Waals surface area contributed by atoms with Gasteiger partial charge < -0.3 is 10.2 Å². The van der Waals surface area contributed by atoms with Gasteiger partial charge in [-0.2, -0.15) is 0 Å². The van der Waals surface area contributed by atoms with Gasteiger partial charge in [0.2, 0.25) is 0 Å². The highest BCUT2D eigenvalue weighted by molar-refractivity contribution is 7.80. The number of rotatable bonds is 1. The van der Waals surface area contributed by atoms with Gasteiger partial charge in [-0.15, -0.1) is 12.6 Å². The molecule has 76 valence electrons. The van der Waals surface area contributed by atoms with Crippen LogP contribution in [0.5, 0.6) is 0 Å². The number of aryl methyl sites for hydroxylation is 1. The lowest BCUT2D eigenvalue weighted by molar-refractivity contribution is 0.586. The van der Waals surface area contributed by atoms with Gasteiger partial charge in [-0.05, 0) is 18.6 Å². The van der Waals surface area contributed by atoms with E-state index < -0.39 is 0 Å². The Labute approximate surface area is 90.7 Å². The van der Waals surface area contributed by atoms with Crippen molar-refractivity contribution in [2.45, 2.75) is 11.8 Å². The Kier molecular flexibility index (Phi) is 2.99. The second-order valence-electron chi connectivity index (χ2n) is 3.68. The van der Waals surface area contributed by atoms with E-state index in [2.05, 4.69) is 48.0 Å². The SMILES string of the molecule is Cc1cccc(N2CCNCC2)c1S. The van der Waals surface area contributed by atoms with Gasteiger partial charge in [0.1, 0.15) is 0 Å². The van der Waals surface area contributed by atoms with Crippen molar-refractivity contribution in [3.05, 3.63) is 23.8 Å². The zero-order valence-corrected chi connectivity index (χ0v) is 9.35. The molecule has 1 heterocycles. The van der Waals surface area contributed by atoms with E-state index in [1.807, 2.05) is 0 Å². The molecule has 0 aromatic heterocycles. The lowest BCUT2D eigenvalue weighted by Crippen LogP contribution is -2.43.